The monoisotopic (exact) mass is 428 g/mol. The minimum atomic E-state index is -1.05. The van der Waals surface area contributed by atoms with E-state index in [-0.39, 0.29) is 29.9 Å². The average Bonchev–Trinajstić information content (AvgIpc) is 3.20. The van der Waals surface area contributed by atoms with Crippen molar-refractivity contribution in [1.29, 1.82) is 0 Å². The zero-order valence-corrected chi connectivity index (χ0v) is 17.7. The van der Waals surface area contributed by atoms with Crippen LogP contribution in [0, 0.1) is 0 Å². The molecule has 2 heterocycles. The number of carbonyl (C=O) groups excluding carboxylic acids is 3. The van der Waals surface area contributed by atoms with Gasteiger partial charge in [-0.1, -0.05) is 12.8 Å². The lowest BCUT2D eigenvalue weighted by Crippen LogP contribution is -2.38. The molecule has 2 saturated heterocycles. The third-order valence-electron chi connectivity index (χ3n) is 5.23. The summed E-state index contributed by atoms with van der Waals surface area (Å²) in [6.07, 6.45) is 5.87. The van der Waals surface area contributed by atoms with Gasteiger partial charge in [-0.25, -0.2) is 4.79 Å². The first-order valence-corrected chi connectivity index (χ1v) is 11.4. The highest BCUT2D eigenvalue weighted by Gasteiger charge is 2.42. The predicted octanol–water partition coefficient (Wildman–Crippen LogP) is 0.978. The second-order valence-corrected chi connectivity index (χ2v) is 8.93. The van der Waals surface area contributed by atoms with Crippen LogP contribution in [0.1, 0.15) is 58.3 Å². The zero-order valence-electron chi connectivity index (χ0n) is 16.9. The van der Waals surface area contributed by atoms with Crippen LogP contribution in [-0.4, -0.2) is 64.6 Å². The van der Waals surface area contributed by atoms with Crippen LogP contribution in [0.5, 0.6) is 0 Å². The Morgan fingerprint density at radius 3 is 2.59 bits per heavy atom. The van der Waals surface area contributed by atoms with Gasteiger partial charge in [0, 0.05) is 30.4 Å². The van der Waals surface area contributed by atoms with Crippen LogP contribution in [0.2, 0.25) is 0 Å². The number of hydrogen-bond donors (Lipinski definition) is 5. The van der Waals surface area contributed by atoms with Crippen molar-refractivity contribution in [2.24, 2.45) is 0 Å². The van der Waals surface area contributed by atoms with Gasteiger partial charge in [-0.15, -0.1) is 0 Å². The van der Waals surface area contributed by atoms with E-state index >= 15 is 0 Å². The van der Waals surface area contributed by atoms with E-state index in [1.807, 2.05) is 11.8 Å². The Hall–Kier alpha value is -1.97. The topological polar surface area (TPSA) is 137 Å². The summed E-state index contributed by atoms with van der Waals surface area (Å²) in [7, 11) is 0. The van der Waals surface area contributed by atoms with E-state index in [1.165, 1.54) is 6.92 Å². The first kappa shape index (κ1) is 23.3. The summed E-state index contributed by atoms with van der Waals surface area (Å²) < 4.78 is 0. The number of nitrogens with one attached hydrogen (secondary N) is 4. The second-order valence-electron chi connectivity index (χ2n) is 7.66. The molecule has 0 aromatic carbocycles. The van der Waals surface area contributed by atoms with Gasteiger partial charge >= 0.3 is 12.0 Å². The molecule has 10 heteroatoms. The molecule has 2 aliphatic heterocycles. The van der Waals surface area contributed by atoms with Gasteiger partial charge in [0.05, 0.1) is 12.1 Å². The molecule has 0 spiro atoms. The summed E-state index contributed by atoms with van der Waals surface area (Å²) >= 11 is 1.89. The number of amides is 4. The van der Waals surface area contributed by atoms with E-state index in [1.54, 1.807) is 0 Å². The summed E-state index contributed by atoms with van der Waals surface area (Å²) in [6.45, 7) is 2.02. The Labute approximate surface area is 175 Å². The van der Waals surface area contributed by atoms with Gasteiger partial charge in [0.2, 0.25) is 11.8 Å². The van der Waals surface area contributed by atoms with Gasteiger partial charge in [-0.05, 0) is 32.6 Å². The van der Waals surface area contributed by atoms with Crippen LogP contribution in [0.3, 0.4) is 0 Å². The van der Waals surface area contributed by atoms with Crippen LogP contribution in [-0.2, 0) is 14.4 Å². The molecule has 4 atom stereocenters. The quantitative estimate of drug-likeness (QED) is 0.219. The molecule has 0 aromatic heterocycles. The lowest BCUT2D eigenvalue weighted by molar-refractivity contribution is -0.141. The number of carboxylic acids is 1. The molecule has 0 saturated carbocycles. The van der Waals surface area contributed by atoms with Crippen LogP contribution in [0.15, 0.2) is 0 Å². The number of rotatable bonds is 13. The normalized spacial score (nSPS) is 23.6. The lowest BCUT2D eigenvalue weighted by Gasteiger charge is -2.16. The van der Waals surface area contributed by atoms with Crippen molar-refractivity contribution in [2.75, 3.05) is 12.3 Å². The van der Waals surface area contributed by atoms with Gasteiger partial charge in [0.15, 0.2) is 0 Å². The van der Waals surface area contributed by atoms with E-state index in [0.29, 0.717) is 31.1 Å². The molecule has 29 heavy (non-hydrogen) atoms. The molecular weight excluding hydrogens is 396 g/mol. The van der Waals surface area contributed by atoms with E-state index in [4.69, 9.17) is 5.11 Å². The van der Waals surface area contributed by atoms with Crippen LogP contribution in [0.4, 0.5) is 4.79 Å². The van der Waals surface area contributed by atoms with Crippen LogP contribution in [0.25, 0.3) is 0 Å². The molecule has 0 unspecified atom stereocenters. The maximum atomic E-state index is 11.9. The number of fused-ring (bicyclic) bond motifs is 1. The predicted molar refractivity (Wildman–Crippen MR) is 111 cm³/mol. The second kappa shape index (κ2) is 11.9. The van der Waals surface area contributed by atoms with E-state index < -0.39 is 12.0 Å². The highest BCUT2D eigenvalue weighted by molar-refractivity contribution is 8.00. The molecule has 2 rings (SSSR count). The molecule has 0 aromatic rings. The summed E-state index contributed by atoms with van der Waals surface area (Å²) in [5.74, 6) is -0.307. The number of thioether (sulfide) groups is 1. The van der Waals surface area contributed by atoms with Crippen molar-refractivity contribution in [3.8, 4) is 0 Å². The SMILES string of the molecule is C[C@H](NC(=O)CCCCCNC(=O)CCCC[C@@H]1SC[C@@H]2NC(=O)N[C@@H]21)C(=O)O. The Bertz CT molecular complexity index is 603. The number of urea groups is 1. The van der Waals surface area contributed by atoms with E-state index in [0.717, 1.165) is 37.9 Å². The standard InChI is InChI=1S/C19H32N4O5S/c1-12(18(26)27)21-16(25)9-3-2-6-10-20-15(24)8-5-4-7-14-17-13(11-29-14)22-19(28)23-17/h12-14,17H,2-11H2,1H3,(H,20,24)(H,21,25)(H,26,27)(H2,22,23,28)/t12-,13-,14-,17-/m0/s1. The molecule has 4 amide bonds. The number of unbranched alkanes of at least 4 members (excludes halogenated alkanes) is 3. The molecule has 5 N–H and O–H groups in total. The molecule has 0 bridgehead atoms. The van der Waals surface area contributed by atoms with Crippen molar-refractivity contribution in [1.82, 2.24) is 21.3 Å². The number of carboxylic acid groups (broad SMARTS) is 1. The summed E-state index contributed by atoms with van der Waals surface area (Å²) in [5.41, 5.74) is 0. The van der Waals surface area contributed by atoms with Crippen LogP contribution < -0.4 is 21.3 Å². The average molecular weight is 429 g/mol. The Morgan fingerprint density at radius 2 is 1.83 bits per heavy atom. The fraction of sp³-hybridized carbons (Fsp3) is 0.789. The Kier molecular flexibility index (Phi) is 9.56. The first-order chi connectivity index (χ1) is 13.9. The van der Waals surface area contributed by atoms with Crippen molar-refractivity contribution < 1.29 is 24.3 Å². The number of carbonyl (C=O) groups is 4. The third kappa shape index (κ3) is 8.12. The molecule has 2 fully saturated rings. The summed E-state index contributed by atoms with van der Waals surface area (Å²) in [4.78, 5) is 45.5. The maximum absolute atomic E-state index is 11.9. The molecule has 9 nitrogen and oxygen atoms in total. The molecule has 164 valence electrons. The van der Waals surface area contributed by atoms with Gasteiger partial charge in [-0.3, -0.25) is 14.4 Å². The van der Waals surface area contributed by atoms with Crippen molar-refractivity contribution >= 4 is 35.6 Å². The Balaban J connectivity index is 1.42. The van der Waals surface area contributed by atoms with Gasteiger partial charge in [0.25, 0.3) is 0 Å². The first-order valence-electron chi connectivity index (χ1n) is 10.3. The molecule has 0 aliphatic carbocycles. The molecular formula is C19H32N4O5S. The van der Waals surface area contributed by atoms with Gasteiger partial charge in [0.1, 0.15) is 6.04 Å². The third-order valence-corrected chi connectivity index (χ3v) is 6.74. The highest BCUT2D eigenvalue weighted by Crippen LogP contribution is 2.33. The fourth-order valence-corrected chi connectivity index (χ4v) is 5.10. The van der Waals surface area contributed by atoms with E-state index in [9.17, 15) is 19.2 Å². The molecule has 0 radical (unpaired) electrons. The van der Waals surface area contributed by atoms with Crippen molar-refractivity contribution in [3.05, 3.63) is 0 Å². The maximum Gasteiger partial charge on any atom is 0.325 e. The zero-order chi connectivity index (χ0) is 21.2. The summed E-state index contributed by atoms with van der Waals surface area (Å²) in [5, 5.41) is 20.4. The van der Waals surface area contributed by atoms with Crippen LogP contribution >= 0.6 is 11.8 Å². The summed E-state index contributed by atoms with van der Waals surface area (Å²) in [6, 6.07) is -0.479. The highest BCUT2D eigenvalue weighted by atomic mass is 32.2. The Morgan fingerprint density at radius 1 is 1.10 bits per heavy atom. The lowest BCUT2D eigenvalue weighted by atomic mass is 10.0. The number of hydrogen-bond acceptors (Lipinski definition) is 5. The van der Waals surface area contributed by atoms with Crippen molar-refractivity contribution in [3.63, 3.8) is 0 Å². The largest absolute Gasteiger partial charge is 0.480 e. The number of aliphatic carboxylic acids is 1. The van der Waals surface area contributed by atoms with Gasteiger partial charge in [-0.2, -0.15) is 11.8 Å². The van der Waals surface area contributed by atoms with E-state index in [2.05, 4.69) is 21.3 Å². The minimum Gasteiger partial charge on any atom is -0.480 e. The fourth-order valence-electron chi connectivity index (χ4n) is 3.55. The molecule has 2 aliphatic rings. The van der Waals surface area contributed by atoms with Crippen molar-refractivity contribution in [2.45, 2.75) is 81.7 Å². The minimum absolute atomic E-state index is 0.0470. The smallest absolute Gasteiger partial charge is 0.325 e. The van der Waals surface area contributed by atoms with Gasteiger partial charge < -0.3 is 26.4 Å².